The molecule has 0 aliphatic carbocycles. The number of hydrogen-bond acceptors (Lipinski definition) is 7. The lowest BCUT2D eigenvalue weighted by molar-refractivity contribution is -0.870. The predicted molar refractivity (Wildman–Crippen MR) is 267 cm³/mol. The topological polar surface area (TPSA) is 108 Å². The van der Waals surface area contributed by atoms with E-state index < -0.39 is 24.3 Å². The first kappa shape index (κ1) is 60.0. The number of carboxylic acids is 1. The molecule has 9 heteroatoms. The highest BCUT2D eigenvalue weighted by Crippen LogP contribution is 2.12. The number of rotatable bonds is 43. The number of aliphatic carboxylic acids is 1. The molecule has 2 atom stereocenters. The van der Waals surface area contributed by atoms with E-state index in [0.29, 0.717) is 17.4 Å². The summed E-state index contributed by atoms with van der Waals surface area (Å²) in [4.78, 5) is 37.2. The molecule has 0 aromatic carbocycles. The van der Waals surface area contributed by atoms with Crippen LogP contribution in [0.15, 0.2) is 109 Å². The Hall–Kier alpha value is -4.05. The SMILES string of the molecule is CC/C=C\C/C=C\C/C=C\C/C=C\C/C=C\C/C=C\C/C=C\CCCCCC(=O)OC(COC(=O)CCCCCCC/C=C\C/C=C\CCCC)COC(OCC[N+](C)(C)C)C(=O)O. The number of allylic oxidation sites excluding steroid dienone is 18. The Morgan fingerprint density at radius 3 is 1.34 bits per heavy atom. The van der Waals surface area contributed by atoms with E-state index >= 15 is 0 Å². The van der Waals surface area contributed by atoms with E-state index in [2.05, 4.69) is 123 Å². The number of esters is 2. The van der Waals surface area contributed by atoms with Crippen LogP contribution in [0.4, 0.5) is 0 Å². The van der Waals surface area contributed by atoms with Gasteiger partial charge in [-0.2, -0.15) is 0 Å². The van der Waals surface area contributed by atoms with Gasteiger partial charge in [-0.05, 0) is 96.3 Å². The Kier molecular flexibility index (Phi) is 42.6. The summed E-state index contributed by atoms with van der Waals surface area (Å²) in [6.45, 7) is 4.63. The smallest absolute Gasteiger partial charge is 0.361 e. The highest BCUT2D eigenvalue weighted by molar-refractivity contribution is 5.71. The molecule has 64 heavy (non-hydrogen) atoms. The molecular formula is C55H90NO8+. The second-order valence-corrected chi connectivity index (χ2v) is 17.0. The Balaban J connectivity index is 4.48. The number of carbonyl (C=O) groups is 3. The van der Waals surface area contributed by atoms with Crippen molar-refractivity contribution in [1.82, 2.24) is 0 Å². The molecule has 0 aliphatic heterocycles. The van der Waals surface area contributed by atoms with E-state index in [9.17, 15) is 19.5 Å². The Morgan fingerprint density at radius 2 is 0.891 bits per heavy atom. The average Bonchev–Trinajstić information content (AvgIpc) is 3.26. The van der Waals surface area contributed by atoms with Crippen molar-refractivity contribution in [2.45, 2.75) is 174 Å². The van der Waals surface area contributed by atoms with E-state index in [4.69, 9.17) is 18.9 Å². The van der Waals surface area contributed by atoms with Gasteiger partial charge < -0.3 is 28.5 Å². The van der Waals surface area contributed by atoms with E-state index in [1.54, 1.807) is 0 Å². The monoisotopic (exact) mass is 893 g/mol. The lowest BCUT2D eigenvalue weighted by atomic mass is 10.1. The van der Waals surface area contributed by atoms with Gasteiger partial charge in [0.15, 0.2) is 6.10 Å². The van der Waals surface area contributed by atoms with Crippen molar-refractivity contribution in [1.29, 1.82) is 0 Å². The van der Waals surface area contributed by atoms with Crippen LogP contribution in [0.25, 0.3) is 0 Å². The molecular weight excluding hydrogens is 803 g/mol. The van der Waals surface area contributed by atoms with Gasteiger partial charge >= 0.3 is 17.9 Å². The second-order valence-electron chi connectivity index (χ2n) is 17.0. The van der Waals surface area contributed by atoms with Crippen molar-refractivity contribution in [2.24, 2.45) is 0 Å². The van der Waals surface area contributed by atoms with Crippen molar-refractivity contribution in [3.05, 3.63) is 109 Å². The molecule has 1 N–H and O–H groups in total. The number of hydrogen-bond donors (Lipinski definition) is 1. The maximum absolute atomic E-state index is 12.8. The third-order valence-corrected chi connectivity index (χ3v) is 9.76. The summed E-state index contributed by atoms with van der Waals surface area (Å²) in [7, 11) is 5.93. The number of carboxylic acid groups (broad SMARTS) is 1. The lowest BCUT2D eigenvalue weighted by Crippen LogP contribution is -2.40. The third-order valence-electron chi connectivity index (χ3n) is 9.76. The standard InChI is InChI=1S/C55H89NO8/c1-6-8-10-12-14-16-18-20-22-23-24-25-26-27-28-29-30-31-32-34-36-38-40-42-44-46-53(58)64-51(50-63-55(54(59)60)61-48-47-56(3,4)5)49-62-52(57)45-43-41-39-37-35-33-21-19-17-15-13-11-9-7-2/h8,10,13-16,19-22,24-25,27-28,30-31,34,36,51,55H,6-7,9,11-12,17-18,23,26,29,32-33,35,37-50H2,1-5H3/p+1/b10-8-,15-13-,16-14-,21-19-,22-20-,25-24-,28-27-,31-30-,36-34-. The van der Waals surface area contributed by atoms with Crippen LogP contribution in [-0.4, -0.2) is 87.4 Å². The van der Waals surface area contributed by atoms with E-state index in [1.165, 1.54) is 12.8 Å². The highest BCUT2D eigenvalue weighted by atomic mass is 16.7. The fourth-order valence-electron chi connectivity index (χ4n) is 5.95. The lowest BCUT2D eigenvalue weighted by Gasteiger charge is -2.25. The third kappa shape index (κ3) is 46.0. The van der Waals surface area contributed by atoms with Crippen molar-refractivity contribution < 1.29 is 42.9 Å². The summed E-state index contributed by atoms with van der Waals surface area (Å²) in [5, 5.41) is 9.65. The second kappa shape index (κ2) is 45.5. The van der Waals surface area contributed by atoms with Crippen LogP contribution in [0, 0.1) is 0 Å². The molecule has 0 rings (SSSR count). The minimum absolute atomic E-state index is 0.172. The molecule has 0 amide bonds. The summed E-state index contributed by atoms with van der Waals surface area (Å²) in [5.74, 6) is -2.09. The minimum atomic E-state index is -1.53. The van der Waals surface area contributed by atoms with Crippen LogP contribution in [0.2, 0.25) is 0 Å². The van der Waals surface area contributed by atoms with E-state index in [-0.39, 0.29) is 38.6 Å². The number of likely N-dealkylation sites (N-methyl/N-ethyl adjacent to an activating group) is 1. The Morgan fingerprint density at radius 1 is 0.484 bits per heavy atom. The number of quaternary nitrogens is 1. The van der Waals surface area contributed by atoms with Crippen molar-refractivity contribution in [2.75, 3.05) is 47.5 Å². The molecule has 0 saturated heterocycles. The summed E-state index contributed by atoms with van der Waals surface area (Å²) < 4.78 is 22.7. The van der Waals surface area contributed by atoms with E-state index in [0.717, 1.165) is 116 Å². The van der Waals surface area contributed by atoms with Crippen molar-refractivity contribution in [3.63, 3.8) is 0 Å². The van der Waals surface area contributed by atoms with Gasteiger partial charge in [-0.15, -0.1) is 0 Å². The normalized spacial score (nSPS) is 13.8. The molecule has 0 aromatic heterocycles. The van der Waals surface area contributed by atoms with Crippen LogP contribution >= 0.6 is 0 Å². The Bertz CT molecular complexity index is 1410. The zero-order chi connectivity index (χ0) is 47.0. The quantitative estimate of drug-likeness (QED) is 0.0212. The molecule has 0 spiro atoms. The Labute approximate surface area is 390 Å². The van der Waals surface area contributed by atoms with Crippen LogP contribution in [-0.2, 0) is 33.3 Å². The van der Waals surface area contributed by atoms with Gasteiger partial charge in [0.05, 0.1) is 34.4 Å². The number of ether oxygens (including phenoxy) is 4. The highest BCUT2D eigenvalue weighted by Gasteiger charge is 2.25. The largest absolute Gasteiger partial charge is 0.477 e. The van der Waals surface area contributed by atoms with Gasteiger partial charge in [0.2, 0.25) is 0 Å². The first-order chi connectivity index (χ1) is 31.1. The maximum Gasteiger partial charge on any atom is 0.361 e. The van der Waals surface area contributed by atoms with Crippen LogP contribution < -0.4 is 0 Å². The molecule has 0 bridgehead atoms. The van der Waals surface area contributed by atoms with E-state index in [1.807, 2.05) is 21.1 Å². The van der Waals surface area contributed by atoms with Gasteiger partial charge in [0, 0.05) is 12.8 Å². The molecule has 2 unspecified atom stereocenters. The van der Waals surface area contributed by atoms with Gasteiger partial charge in [0.25, 0.3) is 6.29 Å². The van der Waals surface area contributed by atoms with Crippen molar-refractivity contribution in [3.8, 4) is 0 Å². The number of carbonyl (C=O) groups excluding carboxylic acids is 2. The molecule has 9 nitrogen and oxygen atoms in total. The fraction of sp³-hybridized carbons (Fsp3) is 0.618. The molecule has 0 fully saturated rings. The van der Waals surface area contributed by atoms with Gasteiger partial charge in [0.1, 0.15) is 13.2 Å². The summed E-state index contributed by atoms with van der Waals surface area (Å²) >= 11 is 0. The number of unbranched alkanes of at least 4 members (excludes halogenated alkanes) is 10. The zero-order valence-electron chi connectivity index (χ0n) is 40.9. The molecule has 0 aliphatic rings. The average molecular weight is 893 g/mol. The van der Waals surface area contributed by atoms with Gasteiger partial charge in [-0.1, -0.05) is 162 Å². The summed E-state index contributed by atoms with van der Waals surface area (Å²) in [6, 6.07) is 0. The number of nitrogens with zero attached hydrogens (tertiary/aromatic N) is 1. The van der Waals surface area contributed by atoms with Gasteiger partial charge in [-0.25, -0.2) is 4.79 Å². The minimum Gasteiger partial charge on any atom is -0.477 e. The molecule has 0 aromatic rings. The first-order valence-electron chi connectivity index (χ1n) is 24.6. The predicted octanol–water partition coefficient (Wildman–Crippen LogP) is 13.6. The van der Waals surface area contributed by atoms with Crippen LogP contribution in [0.3, 0.4) is 0 Å². The van der Waals surface area contributed by atoms with Crippen LogP contribution in [0.5, 0.6) is 0 Å². The fourth-order valence-corrected chi connectivity index (χ4v) is 5.95. The molecule has 0 heterocycles. The van der Waals surface area contributed by atoms with Crippen LogP contribution in [0.1, 0.15) is 162 Å². The summed E-state index contributed by atoms with van der Waals surface area (Å²) in [5.41, 5.74) is 0. The zero-order valence-corrected chi connectivity index (χ0v) is 40.9. The first-order valence-corrected chi connectivity index (χ1v) is 24.6. The maximum atomic E-state index is 12.8. The molecule has 0 radical (unpaired) electrons. The molecule has 0 saturated carbocycles. The van der Waals surface area contributed by atoms with Gasteiger partial charge in [-0.3, -0.25) is 9.59 Å². The van der Waals surface area contributed by atoms with Crippen molar-refractivity contribution >= 4 is 17.9 Å². The summed E-state index contributed by atoms with van der Waals surface area (Å²) in [6.07, 6.45) is 58.6. The molecule has 362 valence electrons.